The Hall–Kier alpha value is -1.81. The molecule has 0 aliphatic rings. The van der Waals surface area contributed by atoms with Crippen LogP contribution >= 0.6 is 11.6 Å². The summed E-state index contributed by atoms with van der Waals surface area (Å²) in [5, 5.41) is 1.20. The lowest BCUT2D eigenvalue weighted by Gasteiger charge is -2.14. The molecule has 118 valence electrons. The first kappa shape index (κ1) is 16.6. The Morgan fingerprint density at radius 2 is 2.09 bits per heavy atom. The molecule has 0 amide bonds. The van der Waals surface area contributed by atoms with E-state index in [1.165, 1.54) is 13.0 Å². The molecule has 1 heterocycles. The van der Waals surface area contributed by atoms with Gasteiger partial charge in [-0.1, -0.05) is 24.9 Å². The van der Waals surface area contributed by atoms with Crippen molar-refractivity contribution in [1.29, 1.82) is 0 Å². The molecule has 2 aromatic rings. The Morgan fingerprint density at radius 1 is 1.36 bits per heavy atom. The maximum absolute atomic E-state index is 11.7. The molecule has 0 bridgehead atoms. The number of rotatable bonds is 6. The van der Waals surface area contributed by atoms with Crippen LogP contribution in [-0.4, -0.2) is 11.9 Å². The van der Waals surface area contributed by atoms with Gasteiger partial charge in [0.15, 0.2) is 11.9 Å². The summed E-state index contributed by atoms with van der Waals surface area (Å²) in [6.07, 6.45) is 2.20. The maximum atomic E-state index is 11.7. The van der Waals surface area contributed by atoms with Crippen LogP contribution in [0.1, 0.15) is 39.2 Å². The number of hydrogen-bond acceptors (Lipinski definition) is 4. The normalized spacial score (nSPS) is 12.4. The summed E-state index contributed by atoms with van der Waals surface area (Å²) < 4.78 is 10.8. The Balaban J connectivity index is 2.49. The summed E-state index contributed by atoms with van der Waals surface area (Å²) in [5.41, 5.74) is 0.946. The second-order valence-corrected chi connectivity index (χ2v) is 5.75. The molecule has 0 aliphatic carbocycles. The summed E-state index contributed by atoms with van der Waals surface area (Å²) >= 11 is 6.24. The molecule has 0 saturated carbocycles. The van der Waals surface area contributed by atoms with E-state index < -0.39 is 11.7 Å². The predicted octanol–water partition coefficient (Wildman–Crippen LogP) is 4.15. The van der Waals surface area contributed by atoms with Crippen molar-refractivity contribution >= 4 is 28.4 Å². The maximum Gasteiger partial charge on any atom is 0.336 e. The summed E-state index contributed by atoms with van der Waals surface area (Å²) in [5.74, 6) is 0.238. The minimum Gasteiger partial charge on any atom is -0.481 e. The van der Waals surface area contributed by atoms with Gasteiger partial charge < -0.3 is 9.15 Å². The van der Waals surface area contributed by atoms with Crippen molar-refractivity contribution in [3.8, 4) is 5.75 Å². The van der Waals surface area contributed by atoms with Gasteiger partial charge in [-0.2, -0.15) is 0 Å². The largest absolute Gasteiger partial charge is 0.481 e. The van der Waals surface area contributed by atoms with Crippen LogP contribution in [0.5, 0.6) is 5.75 Å². The Morgan fingerprint density at radius 3 is 2.73 bits per heavy atom. The minimum absolute atomic E-state index is 0.102. The van der Waals surface area contributed by atoms with E-state index >= 15 is 0 Å². The molecule has 0 radical (unpaired) electrons. The second kappa shape index (κ2) is 6.97. The fourth-order valence-electron chi connectivity index (χ4n) is 2.17. The van der Waals surface area contributed by atoms with Gasteiger partial charge in [-0.15, -0.1) is 0 Å². The first-order valence-electron chi connectivity index (χ1n) is 7.35. The quantitative estimate of drug-likeness (QED) is 0.750. The zero-order valence-corrected chi connectivity index (χ0v) is 13.7. The van der Waals surface area contributed by atoms with Gasteiger partial charge in [-0.25, -0.2) is 4.79 Å². The van der Waals surface area contributed by atoms with Gasteiger partial charge in [0.05, 0.1) is 5.02 Å². The number of hydrogen-bond donors (Lipinski definition) is 0. The van der Waals surface area contributed by atoms with Crippen LogP contribution in [0, 0.1) is 0 Å². The van der Waals surface area contributed by atoms with Gasteiger partial charge in [0.25, 0.3) is 0 Å². The molecule has 0 N–H and O–H groups in total. The van der Waals surface area contributed by atoms with Crippen molar-refractivity contribution in [3.05, 3.63) is 39.2 Å². The molecule has 2 rings (SSSR count). The summed E-state index contributed by atoms with van der Waals surface area (Å²) in [7, 11) is 0. The van der Waals surface area contributed by atoms with Crippen molar-refractivity contribution in [2.24, 2.45) is 0 Å². The number of ketones is 1. The van der Waals surface area contributed by atoms with Gasteiger partial charge in [0.1, 0.15) is 11.3 Å². The van der Waals surface area contributed by atoms with E-state index in [1.54, 1.807) is 19.1 Å². The molecule has 0 fully saturated rings. The number of aryl methyl sites for hydroxylation is 1. The second-order valence-electron chi connectivity index (χ2n) is 5.34. The van der Waals surface area contributed by atoms with Crippen molar-refractivity contribution in [3.63, 3.8) is 0 Å². The molecule has 1 atom stereocenters. The Kier molecular flexibility index (Phi) is 5.24. The number of carbonyl (C=O) groups excluding carboxylic acids is 1. The van der Waals surface area contributed by atoms with E-state index in [2.05, 4.69) is 6.92 Å². The minimum atomic E-state index is -0.607. The van der Waals surface area contributed by atoms with Gasteiger partial charge in [-0.3, -0.25) is 4.79 Å². The Labute approximate surface area is 134 Å². The van der Waals surface area contributed by atoms with Crippen LogP contribution < -0.4 is 10.4 Å². The van der Waals surface area contributed by atoms with E-state index in [9.17, 15) is 9.59 Å². The summed E-state index contributed by atoms with van der Waals surface area (Å²) in [4.78, 5) is 23.0. The van der Waals surface area contributed by atoms with Crippen LogP contribution in [0.3, 0.4) is 0 Å². The van der Waals surface area contributed by atoms with E-state index in [0.717, 1.165) is 30.2 Å². The van der Waals surface area contributed by atoms with E-state index in [1.807, 2.05) is 0 Å². The highest BCUT2D eigenvalue weighted by Crippen LogP contribution is 2.32. The fourth-order valence-corrected chi connectivity index (χ4v) is 2.37. The van der Waals surface area contributed by atoms with Crippen molar-refractivity contribution in [1.82, 2.24) is 0 Å². The lowest BCUT2D eigenvalue weighted by Crippen LogP contribution is -2.20. The van der Waals surface area contributed by atoms with Gasteiger partial charge in [0, 0.05) is 17.5 Å². The lowest BCUT2D eigenvalue weighted by atomic mass is 10.0. The molecule has 0 aliphatic heterocycles. The van der Waals surface area contributed by atoms with E-state index in [-0.39, 0.29) is 5.78 Å². The third kappa shape index (κ3) is 3.69. The Bertz CT molecular complexity index is 748. The number of halogens is 1. The molecule has 0 spiro atoms. The topological polar surface area (TPSA) is 56.5 Å². The van der Waals surface area contributed by atoms with Crippen LogP contribution in [0.4, 0.5) is 0 Å². The first-order chi connectivity index (χ1) is 10.4. The SMILES string of the molecule is CCCCc1cc(=O)oc2cc(O[C@H](C)C(C)=O)c(Cl)cc12. The third-order valence-electron chi connectivity index (χ3n) is 3.56. The number of fused-ring (bicyclic) bond motifs is 1. The predicted molar refractivity (Wildman–Crippen MR) is 86.9 cm³/mol. The third-order valence-corrected chi connectivity index (χ3v) is 3.85. The average Bonchev–Trinajstić information content (AvgIpc) is 2.46. The van der Waals surface area contributed by atoms with Crippen LogP contribution in [0.25, 0.3) is 11.0 Å². The molecule has 22 heavy (non-hydrogen) atoms. The number of unbranched alkanes of at least 4 members (excludes halogenated alkanes) is 1. The summed E-state index contributed by atoms with van der Waals surface area (Å²) in [6, 6.07) is 4.81. The van der Waals surface area contributed by atoms with E-state index in [0.29, 0.717) is 16.4 Å². The highest BCUT2D eigenvalue weighted by molar-refractivity contribution is 6.32. The summed E-state index contributed by atoms with van der Waals surface area (Å²) in [6.45, 7) is 5.19. The van der Waals surface area contributed by atoms with Crippen LogP contribution in [0.2, 0.25) is 5.02 Å². The molecule has 5 heteroatoms. The van der Waals surface area contributed by atoms with Gasteiger partial charge in [-0.05, 0) is 38.3 Å². The number of benzene rings is 1. The monoisotopic (exact) mass is 322 g/mol. The van der Waals surface area contributed by atoms with Crippen molar-refractivity contribution < 1.29 is 13.9 Å². The highest BCUT2D eigenvalue weighted by Gasteiger charge is 2.15. The molecule has 1 aromatic carbocycles. The molecule has 0 unspecified atom stereocenters. The average molecular weight is 323 g/mol. The molecule has 1 aromatic heterocycles. The first-order valence-corrected chi connectivity index (χ1v) is 7.73. The van der Waals surface area contributed by atoms with Crippen LogP contribution in [0.15, 0.2) is 27.4 Å². The van der Waals surface area contributed by atoms with Gasteiger partial charge >= 0.3 is 5.63 Å². The van der Waals surface area contributed by atoms with Gasteiger partial charge in [0.2, 0.25) is 0 Å². The zero-order chi connectivity index (χ0) is 16.3. The van der Waals surface area contributed by atoms with Crippen molar-refractivity contribution in [2.75, 3.05) is 0 Å². The standard InChI is InChI=1S/C17H19ClO4/c1-4-5-6-12-7-17(20)22-15-9-16(14(18)8-13(12)15)21-11(3)10(2)19/h7-9,11H,4-6H2,1-3H3/t11-/m1/s1. The lowest BCUT2D eigenvalue weighted by molar-refractivity contribution is -0.122. The number of ether oxygens (including phenoxy) is 1. The smallest absolute Gasteiger partial charge is 0.336 e. The molecular formula is C17H19ClO4. The molecule has 4 nitrogen and oxygen atoms in total. The number of Topliss-reactive ketones (excluding diaryl/α,β-unsaturated/α-hetero) is 1. The highest BCUT2D eigenvalue weighted by atomic mass is 35.5. The molecule has 0 saturated heterocycles. The van der Waals surface area contributed by atoms with Crippen molar-refractivity contribution in [2.45, 2.75) is 46.1 Å². The number of carbonyl (C=O) groups is 1. The fraction of sp³-hybridized carbons (Fsp3) is 0.412. The van der Waals surface area contributed by atoms with E-state index in [4.69, 9.17) is 20.8 Å². The molecular weight excluding hydrogens is 304 g/mol. The van der Waals surface area contributed by atoms with Crippen LogP contribution in [-0.2, 0) is 11.2 Å². The zero-order valence-electron chi connectivity index (χ0n) is 12.9.